The van der Waals surface area contributed by atoms with E-state index in [1.807, 2.05) is 20.8 Å². The number of aliphatic hydroxyl groups excluding tert-OH is 1. The molecule has 0 aromatic carbocycles. The molecular weight excluding hydrogens is 272 g/mol. The highest BCUT2D eigenvalue weighted by Crippen LogP contribution is 2.20. The Labute approximate surface area is 127 Å². The van der Waals surface area contributed by atoms with Crippen molar-refractivity contribution in [2.75, 3.05) is 20.3 Å². The normalized spacial score (nSPS) is 23.3. The molecule has 0 aliphatic heterocycles. The zero-order chi connectivity index (χ0) is 15.9. The summed E-state index contributed by atoms with van der Waals surface area (Å²) in [6.45, 7) is 6.76. The molecule has 1 rings (SSSR count). The fourth-order valence-electron chi connectivity index (χ4n) is 2.33. The molecule has 0 spiro atoms. The predicted molar refractivity (Wildman–Crippen MR) is 81.3 cm³/mol. The molecule has 1 saturated carbocycles. The lowest BCUT2D eigenvalue weighted by molar-refractivity contribution is 0.0476. The zero-order valence-corrected chi connectivity index (χ0v) is 13.6. The van der Waals surface area contributed by atoms with Gasteiger partial charge in [0, 0.05) is 25.7 Å². The molecule has 1 atom stereocenters. The van der Waals surface area contributed by atoms with Crippen LogP contribution in [0.5, 0.6) is 0 Å². The first kappa shape index (κ1) is 18.2. The van der Waals surface area contributed by atoms with E-state index in [0.29, 0.717) is 19.2 Å². The van der Waals surface area contributed by atoms with Gasteiger partial charge in [0.1, 0.15) is 5.60 Å². The third-order valence-corrected chi connectivity index (χ3v) is 3.35. The van der Waals surface area contributed by atoms with Crippen molar-refractivity contribution >= 4 is 6.09 Å². The Balaban J connectivity index is 2.14. The van der Waals surface area contributed by atoms with Gasteiger partial charge in [0.25, 0.3) is 0 Å². The number of hydrogen-bond donors (Lipinski definition) is 3. The molecule has 6 heteroatoms. The van der Waals surface area contributed by atoms with Crippen LogP contribution in [0.1, 0.15) is 46.5 Å². The molecule has 0 heterocycles. The fraction of sp³-hybridized carbons (Fsp3) is 0.933. The summed E-state index contributed by atoms with van der Waals surface area (Å²) < 4.78 is 10.4. The SMILES string of the molecule is COCC(CCCNC(=O)OC(C)(C)C)NC1CC(O)C1. The minimum absolute atomic E-state index is 0.153. The van der Waals surface area contributed by atoms with Crippen LogP contribution in [0.25, 0.3) is 0 Å². The number of carbonyl (C=O) groups excluding carboxylic acids is 1. The summed E-state index contributed by atoms with van der Waals surface area (Å²) in [6.07, 6.45) is 2.87. The van der Waals surface area contributed by atoms with Crippen molar-refractivity contribution in [3.05, 3.63) is 0 Å². The average molecular weight is 302 g/mol. The first-order valence-corrected chi connectivity index (χ1v) is 7.70. The van der Waals surface area contributed by atoms with E-state index in [2.05, 4.69) is 10.6 Å². The maximum atomic E-state index is 11.5. The number of rotatable bonds is 8. The van der Waals surface area contributed by atoms with Crippen LogP contribution in [-0.4, -0.2) is 55.2 Å². The summed E-state index contributed by atoms with van der Waals surface area (Å²) in [5.41, 5.74) is -0.463. The molecule has 1 aliphatic carbocycles. The van der Waals surface area contributed by atoms with Crippen LogP contribution in [0.2, 0.25) is 0 Å². The van der Waals surface area contributed by atoms with E-state index in [1.165, 1.54) is 0 Å². The average Bonchev–Trinajstić information content (AvgIpc) is 2.30. The molecule has 124 valence electrons. The van der Waals surface area contributed by atoms with Gasteiger partial charge >= 0.3 is 6.09 Å². The minimum Gasteiger partial charge on any atom is -0.444 e. The maximum Gasteiger partial charge on any atom is 0.407 e. The third-order valence-electron chi connectivity index (χ3n) is 3.35. The van der Waals surface area contributed by atoms with Crippen LogP contribution in [0.4, 0.5) is 4.79 Å². The summed E-state index contributed by atoms with van der Waals surface area (Å²) in [4.78, 5) is 11.5. The van der Waals surface area contributed by atoms with Crippen LogP contribution in [0.15, 0.2) is 0 Å². The first-order chi connectivity index (χ1) is 9.80. The smallest absolute Gasteiger partial charge is 0.407 e. The van der Waals surface area contributed by atoms with E-state index in [0.717, 1.165) is 25.7 Å². The minimum atomic E-state index is -0.463. The molecule has 0 aromatic rings. The summed E-state index contributed by atoms with van der Waals surface area (Å²) in [7, 11) is 1.68. The molecule has 1 aliphatic rings. The van der Waals surface area contributed by atoms with Crippen LogP contribution < -0.4 is 10.6 Å². The van der Waals surface area contributed by atoms with Crippen molar-refractivity contribution in [3.8, 4) is 0 Å². The van der Waals surface area contributed by atoms with Gasteiger partial charge in [0.05, 0.1) is 12.7 Å². The molecule has 21 heavy (non-hydrogen) atoms. The van der Waals surface area contributed by atoms with E-state index in [1.54, 1.807) is 7.11 Å². The molecule has 1 unspecified atom stereocenters. The van der Waals surface area contributed by atoms with E-state index in [9.17, 15) is 9.90 Å². The molecule has 3 N–H and O–H groups in total. The Morgan fingerprint density at radius 2 is 2.05 bits per heavy atom. The highest BCUT2D eigenvalue weighted by atomic mass is 16.6. The lowest BCUT2D eigenvalue weighted by Gasteiger charge is -2.35. The molecular formula is C15H30N2O4. The van der Waals surface area contributed by atoms with Gasteiger partial charge in [-0.15, -0.1) is 0 Å². The largest absolute Gasteiger partial charge is 0.444 e. The van der Waals surface area contributed by atoms with Gasteiger partial charge in [0.2, 0.25) is 0 Å². The Morgan fingerprint density at radius 3 is 2.57 bits per heavy atom. The Bertz CT molecular complexity index is 311. The monoisotopic (exact) mass is 302 g/mol. The van der Waals surface area contributed by atoms with Crippen molar-refractivity contribution in [2.24, 2.45) is 0 Å². The summed E-state index contributed by atoms with van der Waals surface area (Å²) in [5.74, 6) is 0. The summed E-state index contributed by atoms with van der Waals surface area (Å²) >= 11 is 0. The van der Waals surface area contributed by atoms with Gasteiger partial charge in [-0.3, -0.25) is 0 Å². The standard InChI is InChI=1S/C15H30N2O4/c1-15(2,3)21-14(19)16-7-5-6-11(10-20-4)17-12-8-13(18)9-12/h11-13,17-18H,5-10H2,1-4H3,(H,16,19). The highest BCUT2D eigenvalue weighted by molar-refractivity contribution is 5.67. The molecule has 1 amide bonds. The second-order valence-electron chi connectivity index (χ2n) is 6.71. The van der Waals surface area contributed by atoms with Gasteiger partial charge < -0.3 is 25.2 Å². The maximum absolute atomic E-state index is 11.5. The summed E-state index contributed by atoms with van der Waals surface area (Å²) in [6, 6.07) is 0.645. The van der Waals surface area contributed by atoms with Crippen LogP contribution in [-0.2, 0) is 9.47 Å². The summed E-state index contributed by atoms with van der Waals surface area (Å²) in [5, 5.41) is 15.5. The van der Waals surface area contributed by atoms with E-state index in [4.69, 9.17) is 9.47 Å². The van der Waals surface area contributed by atoms with E-state index < -0.39 is 5.60 Å². The quantitative estimate of drug-likeness (QED) is 0.591. The van der Waals surface area contributed by atoms with Gasteiger partial charge in [-0.2, -0.15) is 0 Å². The molecule has 1 fully saturated rings. The van der Waals surface area contributed by atoms with Crippen LogP contribution in [0.3, 0.4) is 0 Å². The topological polar surface area (TPSA) is 79.8 Å². The van der Waals surface area contributed by atoms with Crippen molar-refractivity contribution < 1.29 is 19.4 Å². The first-order valence-electron chi connectivity index (χ1n) is 7.70. The second kappa shape index (κ2) is 8.56. The van der Waals surface area contributed by atoms with Gasteiger partial charge in [-0.25, -0.2) is 4.79 Å². The lowest BCUT2D eigenvalue weighted by Crippen LogP contribution is -2.50. The molecule has 0 radical (unpaired) electrons. The number of ether oxygens (including phenoxy) is 2. The van der Waals surface area contributed by atoms with E-state index >= 15 is 0 Å². The Kier molecular flexibility index (Phi) is 7.42. The Hall–Kier alpha value is -0.850. The van der Waals surface area contributed by atoms with Crippen molar-refractivity contribution in [2.45, 2.75) is 70.2 Å². The number of alkyl carbamates (subject to hydrolysis) is 1. The fourth-order valence-corrected chi connectivity index (χ4v) is 2.33. The number of hydrogen-bond acceptors (Lipinski definition) is 5. The second-order valence-corrected chi connectivity index (χ2v) is 6.71. The number of methoxy groups -OCH3 is 1. The van der Waals surface area contributed by atoms with Crippen LogP contribution in [0, 0.1) is 0 Å². The molecule has 0 aromatic heterocycles. The van der Waals surface area contributed by atoms with Crippen molar-refractivity contribution in [1.29, 1.82) is 0 Å². The highest BCUT2D eigenvalue weighted by Gasteiger charge is 2.28. The van der Waals surface area contributed by atoms with Crippen molar-refractivity contribution in [1.82, 2.24) is 10.6 Å². The zero-order valence-electron chi connectivity index (χ0n) is 13.6. The number of aliphatic hydroxyl groups is 1. The van der Waals surface area contributed by atoms with Gasteiger partial charge in [-0.05, 0) is 46.5 Å². The number of carbonyl (C=O) groups is 1. The molecule has 0 saturated heterocycles. The van der Waals surface area contributed by atoms with Crippen molar-refractivity contribution in [3.63, 3.8) is 0 Å². The molecule has 6 nitrogen and oxygen atoms in total. The number of nitrogens with one attached hydrogen (secondary N) is 2. The van der Waals surface area contributed by atoms with Crippen LogP contribution >= 0.6 is 0 Å². The Morgan fingerprint density at radius 1 is 1.38 bits per heavy atom. The lowest BCUT2D eigenvalue weighted by atomic mass is 9.88. The molecule has 0 bridgehead atoms. The number of amides is 1. The van der Waals surface area contributed by atoms with Gasteiger partial charge in [-0.1, -0.05) is 0 Å². The predicted octanol–water partition coefficient (Wildman–Crippen LogP) is 1.42. The van der Waals surface area contributed by atoms with Gasteiger partial charge in [0.15, 0.2) is 0 Å². The van der Waals surface area contributed by atoms with E-state index in [-0.39, 0.29) is 18.2 Å². The third kappa shape index (κ3) is 8.24.